The monoisotopic (exact) mass is 240 g/mol. The van der Waals surface area contributed by atoms with Gasteiger partial charge >= 0.3 is 0 Å². The highest BCUT2D eigenvalue weighted by Crippen LogP contribution is 2.20. The van der Waals surface area contributed by atoms with Crippen LogP contribution in [0.1, 0.15) is 0 Å². The smallest absolute Gasteiger partial charge is 0.153 e. The molecular formula is C12H12N6. The first kappa shape index (κ1) is 10.5. The molecule has 3 aromatic rings. The Morgan fingerprint density at radius 2 is 2.17 bits per heavy atom. The number of pyridine rings is 1. The second-order valence-electron chi connectivity index (χ2n) is 3.89. The highest BCUT2D eigenvalue weighted by Gasteiger charge is 2.03. The summed E-state index contributed by atoms with van der Waals surface area (Å²) in [6.07, 6.45) is 5.42. The third-order valence-electron chi connectivity index (χ3n) is 2.53. The molecule has 6 nitrogen and oxygen atoms in total. The summed E-state index contributed by atoms with van der Waals surface area (Å²) in [6, 6.07) is 7.68. The van der Waals surface area contributed by atoms with Gasteiger partial charge in [0.05, 0.1) is 5.69 Å². The molecule has 0 bridgehead atoms. The van der Waals surface area contributed by atoms with Gasteiger partial charge in [-0.3, -0.25) is 9.78 Å². The Morgan fingerprint density at radius 3 is 2.89 bits per heavy atom. The summed E-state index contributed by atoms with van der Waals surface area (Å²) in [6.45, 7) is 0. The molecule has 0 amide bonds. The van der Waals surface area contributed by atoms with Crippen LogP contribution in [-0.2, 0) is 7.05 Å². The van der Waals surface area contributed by atoms with E-state index in [1.165, 1.54) is 0 Å². The second kappa shape index (κ2) is 4.33. The Hall–Kier alpha value is -2.63. The minimum absolute atomic E-state index is 0.737. The first-order valence-corrected chi connectivity index (χ1v) is 5.54. The molecule has 3 rings (SSSR count). The van der Waals surface area contributed by atoms with Crippen LogP contribution in [-0.4, -0.2) is 25.0 Å². The lowest BCUT2D eigenvalue weighted by molar-refractivity contribution is 0.771. The molecule has 3 heterocycles. The number of rotatable bonds is 3. The fourth-order valence-corrected chi connectivity index (χ4v) is 1.69. The van der Waals surface area contributed by atoms with Crippen molar-refractivity contribution in [1.82, 2.24) is 25.0 Å². The van der Waals surface area contributed by atoms with Crippen molar-refractivity contribution < 1.29 is 0 Å². The van der Waals surface area contributed by atoms with Gasteiger partial charge in [0.2, 0.25) is 0 Å². The van der Waals surface area contributed by atoms with Crippen LogP contribution in [0.4, 0.5) is 11.6 Å². The highest BCUT2D eigenvalue weighted by molar-refractivity contribution is 5.64. The summed E-state index contributed by atoms with van der Waals surface area (Å²) < 4.78 is 1.77. The molecule has 0 aliphatic rings. The number of aryl methyl sites for hydroxylation is 1. The van der Waals surface area contributed by atoms with E-state index in [-0.39, 0.29) is 0 Å². The predicted octanol–water partition coefficient (Wildman–Crippen LogP) is 1.95. The van der Waals surface area contributed by atoms with E-state index in [4.69, 9.17) is 0 Å². The van der Waals surface area contributed by atoms with Gasteiger partial charge < -0.3 is 5.32 Å². The van der Waals surface area contributed by atoms with Crippen LogP contribution in [0.15, 0.2) is 42.9 Å². The van der Waals surface area contributed by atoms with Crippen molar-refractivity contribution >= 4 is 11.6 Å². The molecule has 0 aliphatic heterocycles. The lowest BCUT2D eigenvalue weighted by Gasteiger charge is -2.03. The molecule has 0 aliphatic carbocycles. The number of nitrogens with zero attached hydrogens (tertiary/aromatic N) is 4. The van der Waals surface area contributed by atoms with Crippen molar-refractivity contribution in [3.63, 3.8) is 0 Å². The van der Waals surface area contributed by atoms with Gasteiger partial charge in [0.25, 0.3) is 0 Å². The Kier molecular flexibility index (Phi) is 2.53. The van der Waals surface area contributed by atoms with Gasteiger partial charge in [0.15, 0.2) is 5.82 Å². The maximum Gasteiger partial charge on any atom is 0.153 e. The average Bonchev–Trinajstić information content (AvgIpc) is 3.01. The molecule has 0 aromatic carbocycles. The van der Waals surface area contributed by atoms with E-state index >= 15 is 0 Å². The quantitative estimate of drug-likeness (QED) is 0.734. The Morgan fingerprint density at radius 1 is 1.22 bits per heavy atom. The number of anilines is 2. The number of nitrogens with one attached hydrogen (secondary N) is 2. The third-order valence-corrected chi connectivity index (χ3v) is 2.53. The van der Waals surface area contributed by atoms with Crippen molar-refractivity contribution in [2.45, 2.75) is 0 Å². The number of hydrogen-bond acceptors (Lipinski definition) is 4. The summed E-state index contributed by atoms with van der Waals surface area (Å²) >= 11 is 0. The van der Waals surface area contributed by atoms with Crippen molar-refractivity contribution in [2.24, 2.45) is 7.05 Å². The summed E-state index contributed by atoms with van der Waals surface area (Å²) in [5, 5.41) is 14.2. The Balaban J connectivity index is 1.89. The summed E-state index contributed by atoms with van der Waals surface area (Å²) in [4.78, 5) is 4.25. The molecule has 3 aromatic heterocycles. The molecule has 2 N–H and O–H groups in total. The number of aromatic nitrogens is 5. The fourth-order valence-electron chi connectivity index (χ4n) is 1.69. The number of hydrogen-bond donors (Lipinski definition) is 2. The number of H-pyrrole nitrogens is 1. The molecule has 0 atom stereocenters. The van der Waals surface area contributed by atoms with Crippen LogP contribution in [0, 0.1) is 0 Å². The molecular weight excluding hydrogens is 228 g/mol. The van der Waals surface area contributed by atoms with Gasteiger partial charge in [-0.15, -0.1) is 0 Å². The minimum atomic E-state index is 0.737. The molecule has 0 fully saturated rings. The topological polar surface area (TPSA) is 71.4 Å². The molecule has 0 radical (unpaired) electrons. The standard InChI is InChI=1S/C12H12N6/c1-18-7-4-10(17-18)9-2-5-13-12(8-9)15-11-3-6-14-16-11/h2-8H,1H3,(H2,13,14,15,16). The van der Waals surface area contributed by atoms with Crippen LogP contribution in [0.5, 0.6) is 0 Å². The Bertz CT molecular complexity index is 640. The van der Waals surface area contributed by atoms with Gasteiger partial charge in [0, 0.05) is 37.3 Å². The summed E-state index contributed by atoms with van der Waals surface area (Å²) in [5.74, 6) is 1.48. The van der Waals surface area contributed by atoms with Gasteiger partial charge in [0.1, 0.15) is 5.82 Å². The minimum Gasteiger partial charge on any atom is -0.323 e. The third kappa shape index (κ3) is 2.08. The van der Waals surface area contributed by atoms with Crippen LogP contribution in [0.3, 0.4) is 0 Å². The lowest BCUT2D eigenvalue weighted by Crippen LogP contribution is -1.94. The van der Waals surface area contributed by atoms with Crippen LogP contribution in [0.2, 0.25) is 0 Å². The maximum atomic E-state index is 4.36. The highest BCUT2D eigenvalue weighted by atomic mass is 15.2. The second-order valence-corrected chi connectivity index (χ2v) is 3.89. The predicted molar refractivity (Wildman–Crippen MR) is 68.3 cm³/mol. The molecule has 0 spiro atoms. The van der Waals surface area contributed by atoms with Crippen molar-refractivity contribution in [1.29, 1.82) is 0 Å². The van der Waals surface area contributed by atoms with E-state index in [1.54, 1.807) is 17.1 Å². The van der Waals surface area contributed by atoms with Gasteiger partial charge in [-0.1, -0.05) is 0 Å². The van der Waals surface area contributed by atoms with Gasteiger partial charge in [-0.25, -0.2) is 4.98 Å². The SMILES string of the molecule is Cn1ccc(-c2ccnc(Nc3cc[nH]n3)c2)n1. The molecule has 18 heavy (non-hydrogen) atoms. The summed E-state index contributed by atoms with van der Waals surface area (Å²) in [7, 11) is 1.90. The van der Waals surface area contributed by atoms with Gasteiger partial charge in [-0.2, -0.15) is 10.2 Å². The zero-order chi connectivity index (χ0) is 12.4. The van der Waals surface area contributed by atoms with E-state index in [0.717, 1.165) is 22.9 Å². The molecule has 6 heteroatoms. The van der Waals surface area contributed by atoms with Crippen molar-refractivity contribution in [2.75, 3.05) is 5.32 Å². The van der Waals surface area contributed by atoms with E-state index in [0.29, 0.717) is 0 Å². The van der Waals surface area contributed by atoms with E-state index < -0.39 is 0 Å². The van der Waals surface area contributed by atoms with Gasteiger partial charge in [-0.05, 0) is 18.2 Å². The largest absolute Gasteiger partial charge is 0.323 e. The molecule has 0 unspecified atom stereocenters. The van der Waals surface area contributed by atoms with E-state index in [2.05, 4.69) is 25.6 Å². The number of aromatic amines is 1. The lowest BCUT2D eigenvalue weighted by atomic mass is 10.2. The average molecular weight is 240 g/mol. The summed E-state index contributed by atoms with van der Waals surface area (Å²) in [5.41, 5.74) is 1.94. The molecule has 0 saturated heterocycles. The van der Waals surface area contributed by atoms with Crippen LogP contribution < -0.4 is 5.32 Å². The normalized spacial score (nSPS) is 10.5. The van der Waals surface area contributed by atoms with E-state index in [1.807, 2.05) is 37.5 Å². The zero-order valence-electron chi connectivity index (χ0n) is 9.83. The molecule has 0 saturated carbocycles. The Labute approximate surface area is 104 Å². The van der Waals surface area contributed by atoms with Crippen molar-refractivity contribution in [3.8, 4) is 11.3 Å². The van der Waals surface area contributed by atoms with Crippen molar-refractivity contribution in [3.05, 3.63) is 42.9 Å². The first-order chi connectivity index (χ1) is 8.81. The zero-order valence-corrected chi connectivity index (χ0v) is 9.83. The molecule has 90 valence electrons. The fraction of sp³-hybridized carbons (Fsp3) is 0.0833. The maximum absolute atomic E-state index is 4.36. The van der Waals surface area contributed by atoms with Crippen LogP contribution >= 0.6 is 0 Å². The first-order valence-electron chi connectivity index (χ1n) is 5.54. The van der Waals surface area contributed by atoms with E-state index in [9.17, 15) is 0 Å². The van der Waals surface area contributed by atoms with Crippen LogP contribution in [0.25, 0.3) is 11.3 Å².